The van der Waals surface area contributed by atoms with E-state index in [0.717, 1.165) is 5.56 Å². The first-order valence-electron chi connectivity index (χ1n) is 10.5. The first kappa shape index (κ1) is 24.3. The number of hydrogen-bond donors (Lipinski definition) is 0. The van der Waals surface area contributed by atoms with Gasteiger partial charge in [0.25, 0.3) is 0 Å². The number of benzene rings is 3. The van der Waals surface area contributed by atoms with Crippen LogP contribution in [0.1, 0.15) is 37.8 Å². The number of carbonyl (C=O) groups is 1. The molecule has 0 bridgehead atoms. The van der Waals surface area contributed by atoms with Crippen LogP contribution in [0.4, 0.5) is 17.6 Å². The number of carbonyl (C=O) groups excluding carboxylic acids is 1. The third kappa shape index (κ3) is 6.57. The van der Waals surface area contributed by atoms with E-state index in [1.165, 1.54) is 37.3 Å². The molecule has 0 aromatic heterocycles. The average Bonchev–Trinajstić information content (AvgIpc) is 2.76. The first-order valence-corrected chi connectivity index (χ1v) is 10.5. The van der Waals surface area contributed by atoms with Crippen LogP contribution in [0.5, 0.6) is 17.2 Å². The zero-order valence-corrected chi connectivity index (χ0v) is 18.3. The van der Waals surface area contributed by atoms with E-state index >= 15 is 0 Å². The fourth-order valence-electron chi connectivity index (χ4n) is 3.59. The smallest absolute Gasteiger partial charge is 0.454 e. The van der Waals surface area contributed by atoms with Gasteiger partial charge in [0.2, 0.25) is 0 Å². The predicted octanol–water partition coefficient (Wildman–Crippen LogP) is 7.39. The summed E-state index contributed by atoms with van der Waals surface area (Å²) >= 11 is 0. The van der Waals surface area contributed by atoms with E-state index in [2.05, 4.69) is 4.74 Å². The number of alkyl halides is 3. The second kappa shape index (κ2) is 10.1. The molecule has 0 radical (unpaired) electrons. The fourth-order valence-corrected chi connectivity index (χ4v) is 3.59. The highest BCUT2D eigenvalue weighted by Crippen LogP contribution is 2.34. The van der Waals surface area contributed by atoms with Crippen LogP contribution in [-0.4, -0.2) is 12.1 Å². The van der Waals surface area contributed by atoms with E-state index < -0.39 is 17.6 Å². The Morgan fingerprint density at radius 2 is 1.58 bits per heavy atom. The summed E-state index contributed by atoms with van der Waals surface area (Å²) in [5.74, 6) is -0.269. The standard InChI is InChI=1S/C26H24F4O3/c1-18(31)25(2,20-11-13-22(14-12-20)33-26(28,29)30)16-6-7-19-10-15-23(27)24(17-19)32-21-8-4-3-5-9-21/h3-5,8-15,17H,6-7,16H2,1-2H3. The molecule has 3 aromatic carbocycles. The number of hydrogen-bond acceptors (Lipinski definition) is 3. The van der Waals surface area contributed by atoms with Crippen molar-refractivity contribution in [1.29, 1.82) is 0 Å². The summed E-state index contributed by atoms with van der Waals surface area (Å²) in [6, 6.07) is 18.9. The number of halogens is 4. The molecule has 3 aromatic rings. The lowest BCUT2D eigenvalue weighted by molar-refractivity contribution is -0.274. The van der Waals surface area contributed by atoms with Crippen molar-refractivity contribution >= 4 is 5.78 Å². The van der Waals surface area contributed by atoms with Crippen molar-refractivity contribution in [2.75, 3.05) is 0 Å². The highest BCUT2D eigenvalue weighted by atomic mass is 19.4. The number of ketones is 1. The van der Waals surface area contributed by atoms with Crippen molar-refractivity contribution in [3.05, 3.63) is 89.7 Å². The number of Topliss-reactive ketones (excluding diaryl/α,β-unsaturated/α-hetero) is 1. The van der Waals surface area contributed by atoms with Gasteiger partial charge in [0.1, 0.15) is 17.3 Å². The predicted molar refractivity (Wildman–Crippen MR) is 117 cm³/mol. The molecular formula is C26H24F4O3. The normalized spacial score (nSPS) is 13.3. The molecule has 0 aliphatic carbocycles. The molecule has 0 N–H and O–H groups in total. The Morgan fingerprint density at radius 1 is 0.909 bits per heavy atom. The van der Waals surface area contributed by atoms with E-state index in [1.807, 2.05) is 6.07 Å². The molecule has 0 amide bonds. The molecule has 0 heterocycles. The van der Waals surface area contributed by atoms with Crippen molar-refractivity contribution in [2.24, 2.45) is 0 Å². The molecule has 3 rings (SSSR count). The highest BCUT2D eigenvalue weighted by Gasteiger charge is 2.33. The van der Waals surface area contributed by atoms with Crippen LogP contribution >= 0.6 is 0 Å². The zero-order chi connectivity index (χ0) is 24.1. The molecular weight excluding hydrogens is 436 g/mol. The molecule has 1 unspecified atom stereocenters. The monoisotopic (exact) mass is 460 g/mol. The average molecular weight is 460 g/mol. The van der Waals surface area contributed by atoms with Crippen LogP contribution < -0.4 is 9.47 Å². The fraction of sp³-hybridized carbons (Fsp3) is 0.269. The maximum atomic E-state index is 14.2. The largest absolute Gasteiger partial charge is 0.573 e. The maximum absolute atomic E-state index is 14.2. The van der Waals surface area contributed by atoms with Crippen LogP contribution in [0.25, 0.3) is 0 Å². The summed E-state index contributed by atoms with van der Waals surface area (Å²) in [7, 11) is 0. The summed E-state index contributed by atoms with van der Waals surface area (Å²) in [4.78, 5) is 12.4. The molecule has 0 aliphatic heterocycles. The van der Waals surface area contributed by atoms with Gasteiger partial charge in [-0.2, -0.15) is 0 Å². The summed E-state index contributed by atoms with van der Waals surface area (Å²) in [5.41, 5.74) is 0.582. The van der Waals surface area contributed by atoms with E-state index in [9.17, 15) is 22.4 Å². The minimum atomic E-state index is -4.77. The number of para-hydroxylation sites is 1. The molecule has 3 nitrogen and oxygen atoms in total. The summed E-state index contributed by atoms with van der Waals surface area (Å²) in [6.07, 6.45) is -3.13. The highest BCUT2D eigenvalue weighted by molar-refractivity contribution is 5.87. The number of ether oxygens (including phenoxy) is 2. The quantitative estimate of drug-likeness (QED) is 0.313. The lowest BCUT2D eigenvalue weighted by Crippen LogP contribution is -2.30. The van der Waals surface area contributed by atoms with Gasteiger partial charge < -0.3 is 9.47 Å². The summed E-state index contributed by atoms with van der Waals surface area (Å²) < 4.78 is 60.9. The van der Waals surface area contributed by atoms with Crippen molar-refractivity contribution < 1.29 is 31.8 Å². The Bertz CT molecular complexity index is 1080. The first-order chi connectivity index (χ1) is 15.6. The Morgan fingerprint density at radius 3 is 2.18 bits per heavy atom. The SMILES string of the molecule is CC(=O)C(C)(CCCc1ccc(F)c(Oc2ccccc2)c1)c1ccc(OC(F)(F)F)cc1. The Hall–Kier alpha value is -3.35. The van der Waals surface area contributed by atoms with E-state index in [4.69, 9.17) is 4.74 Å². The van der Waals surface area contributed by atoms with Crippen molar-refractivity contribution in [3.8, 4) is 17.2 Å². The zero-order valence-electron chi connectivity index (χ0n) is 18.3. The molecule has 1 atom stereocenters. The van der Waals surface area contributed by atoms with Crippen LogP contribution in [0.15, 0.2) is 72.8 Å². The molecule has 174 valence electrons. The third-order valence-electron chi connectivity index (χ3n) is 5.61. The topological polar surface area (TPSA) is 35.5 Å². The van der Waals surface area contributed by atoms with Crippen LogP contribution in [0.3, 0.4) is 0 Å². The summed E-state index contributed by atoms with van der Waals surface area (Å²) in [5, 5.41) is 0. The molecule has 0 fully saturated rings. The Kier molecular flexibility index (Phi) is 7.41. The van der Waals surface area contributed by atoms with Gasteiger partial charge in [-0.3, -0.25) is 4.79 Å². The van der Waals surface area contributed by atoms with Gasteiger partial charge in [-0.25, -0.2) is 4.39 Å². The van der Waals surface area contributed by atoms with Gasteiger partial charge >= 0.3 is 6.36 Å². The van der Waals surface area contributed by atoms with Crippen molar-refractivity contribution in [1.82, 2.24) is 0 Å². The van der Waals surface area contributed by atoms with Gasteiger partial charge in [-0.1, -0.05) is 36.4 Å². The van der Waals surface area contributed by atoms with Gasteiger partial charge in [-0.15, -0.1) is 13.2 Å². The van der Waals surface area contributed by atoms with Gasteiger partial charge in [-0.05, 0) is 80.6 Å². The van der Waals surface area contributed by atoms with E-state index in [-0.39, 0.29) is 17.3 Å². The van der Waals surface area contributed by atoms with E-state index in [1.54, 1.807) is 43.3 Å². The number of aryl methyl sites for hydroxylation is 1. The van der Waals surface area contributed by atoms with Crippen LogP contribution in [0.2, 0.25) is 0 Å². The van der Waals surface area contributed by atoms with Gasteiger partial charge in [0.05, 0.1) is 5.41 Å². The molecule has 0 aliphatic rings. The molecule has 33 heavy (non-hydrogen) atoms. The minimum absolute atomic E-state index is 0.0980. The second-order valence-corrected chi connectivity index (χ2v) is 7.99. The second-order valence-electron chi connectivity index (χ2n) is 7.99. The lowest BCUT2D eigenvalue weighted by Gasteiger charge is -2.27. The molecule has 0 saturated carbocycles. The maximum Gasteiger partial charge on any atom is 0.573 e. The van der Waals surface area contributed by atoms with Crippen molar-refractivity contribution in [3.63, 3.8) is 0 Å². The Balaban J connectivity index is 1.68. The van der Waals surface area contributed by atoms with E-state index in [0.29, 0.717) is 30.6 Å². The van der Waals surface area contributed by atoms with Gasteiger partial charge in [0.15, 0.2) is 11.6 Å². The summed E-state index contributed by atoms with van der Waals surface area (Å²) in [6.45, 7) is 3.23. The molecule has 0 spiro atoms. The molecule has 7 heteroatoms. The van der Waals surface area contributed by atoms with Gasteiger partial charge in [0, 0.05) is 0 Å². The van der Waals surface area contributed by atoms with Crippen LogP contribution in [0, 0.1) is 5.82 Å². The minimum Gasteiger partial charge on any atom is -0.454 e. The lowest BCUT2D eigenvalue weighted by atomic mass is 9.75. The third-order valence-corrected chi connectivity index (χ3v) is 5.61. The Labute approximate surface area is 190 Å². The molecule has 0 saturated heterocycles. The van der Waals surface area contributed by atoms with Crippen LogP contribution in [-0.2, 0) is 16.6 Å². The van der Waals surface area contributed by atoms with Crippen molar-refractivity contribution in [2.45, 2.75) is 44.9 Å². The number of rotatable bonds is 9.